The fourth-order valence-corrected chi connectivity index (χ4v) is 3.66. The van der Waals surface area contributed by atoms with Crippen LogP contribution < -0.4 is 9.47 Å². The van der Waals surface area contributed by atoms with E-state index in [2.05, 4.69) is 0 Å². The van der Waals surface area contributed by atoms with Crippen LogP contribution in [0.25, 0.3) is 0 Å². The Kier molecular flexibility index (Phi) is 7.74. The van der Waals surface area contributed by atoms with Crippen LogP contribution in [0.4, 0.5) is 4.39 Å². The van der Waals surface area contributed by atoms with Crippen molar-refractivity contribution in [3.63, 3.8) is 0 Å². The van der Waals surface area contributed by atoms with E-state index in [0.29, 0.717) is 67.0 Å². The first-order valence-corrected chi connectivity index (χ1v) is 10.8. The molecular weight excluding hydrogens is 423 g/mol. The van der Waals surface area contributed by atoms with Gasteiger partial charge in [-0.05, 0) is 43.7 Å². The van der Waals surface area contributed by atoms with Gasteiger partial charge in [0.15, 0.2) is 11.5 Å². The first kappa shape index (κ1) is 22.9. The van der Waals surface area contributed by atoms with Gasteiger partial charge in [-0.3, -0.25) is 9.59 Å². The van der Waals surface area contributed by atoms with Gasteiger partial charge in [0.25, 0.3) is 11.8 Å². The SMILES string of the molecule is CCCOc1c(Cl)cc(C(=O)N2CCN(C(=O)c3cccc(F)c3)CC2)cc1OCC. The average molecular weight is 449 g/mol. The largest absolute Gasteiger partial charge is 0.490 e. The van der Waals surface area contributed by atoms with Crippen LogP contribution in [0.15, 0.2) is 36.4 Å². The van der Waals surface area contributed by atoms with Gasteiger partial charge in [0.1, 0.15) is 5.82 Å². The molecule has 2 amide bonds. The number of rotatable bonds is 7. The molecular formula is C23H26ClFN2O4. The third-order valence-corrected chi connectivity index (χ3v) is 5.21. The average Bonchev–Trinajstić information content (AvgIpc) is 2.78. The van der Waals surface area contributed by atoms with Crippen molar-refractivity contribution >= 4 is 23.4 Å². The molecule has 1 fully saturated rings. The standard InChI is InChI=1S/C23H26ClFN2O4/c1-3-12-31-21-19(24)14-17(15-20(21)30-4-2)23(29)27-10-8-26(9-11-27)22(28)16-6-5-7-18(25)13-16/h5-7,13-15H,3-4,8-12H2,1-2H3. The second-order valence-corrected chi connectivity index (χ2v) is 7.57. The van der Waals surface area contributed by atoms with Crippen LogP contribution in [-0.2, 0) is 0 Å². The fourth-order valence-electron chi connectivity index (χ4n) is 3.40. The van der Waals surface area contributed by atoms with Crippen LogP contribution in [0.5, 0.6) is 11.5 Å². The maximum absolute atomic E-state index is 13.4. The van der Waals surface area contributed by atoms with Crippen LogP contribution in [0.3, 0.4) is 0 Å². The van der Waals surface area contributed by atoms with Gasteiger partial charge in [-0.1, -0.05) is 24.6 Å². The predicted octanol–water partition coefficient (Wildman–Crippen LogP) is 4.26. The monoisotopic (exact) mass is 448 g/mol. The third kappa shape index (κ3) is 5.47. The van der Waals surface area contributed by atoms with Gasteiger partial charge in [0, 0.05) is 37.3 Å². The summed E-state index contributed by atoms with van der Waals surface area (Å²) in [6.07, 6.45) is 0.821. The Bertz CT molecular complexity index is 945. The minimum Gasteiger partial charge on any atom is -0.490 e. The van der Waals surface area contributed by atoms with Gasteiger partial charge in [0.2, 0.25) is 0 Å². The van der Waals surface area contributed by atoms with Gasteiger partial charge >= 0.3 is 0 Å². The van der Waals surface area contributed by atoms with E-state index >= 15 is 0 Å². The van der Waals surface area contributed by atoms with E-state index in [4.69, 9.17) is 21.1 Å². The van der Waals surface area contributed by atoms with Crippen LogP contribution in [0, 0.1) is 5.82 Å². The zero-order chi connectivity index (χ0) is 22.4. The molecule has 1 aliphatic rings. The Morgan fingerprint density at radius 1 is 0.968 bits per heavy atom. The third-order valence-electron chi connectivity index (χ3n) is 4.93. The second-order valence-electron chi connectivity index (χ2n) is 7.16. The summed E-state index contributed by atoms with van der Waals surface area (Å²) in [6.45, 7) is 6.22. The Labute approximate surface area is 186 Å². The Morgan fingerprint density at radius 3 is 2.19 bits per heavy atom. The lowest BCUT2D eigenvalue weighted by Crippen LogP contribution is -2.50. The summed E-state index contributed by atoms with van der Waals surface area (Å²) in [4.78, 5) is 28.9. The molecule has 0 aliphatic carbocycles. The highest BCUT2D eigenvalue weighted by Crippen LogP contribution is 2.37. The van der Waals surface area contributed by atoms with Crippen molar-refractivity contribution in [2.24, 2.45) is 0 Å². The van der Waals surface area contributed by atoms with Gasteiger partial charge in [-0.15, -0.1) is 0 Å². The van der Waals surface area contributed by atoms with E-state index in [1.807, 2.05) is 13.8 Å². The highest BCUT2D eigenvalue weighted by atomic mass is 35.5. The Morgan fingerprint density at radius 2 is 1.61 bits per heavy atom. The number of nitrogens with zero attached hydrogens (tertiary/aromatic N) is 2. The molecule has 2 aromatic carbocycles. The number of amides is 2. The number of hydrogen-bond acceptors (Lipinski definition) is 4. The molecule has 6 nitrogen and oxygen atoms in total. The van der Waals surface area contributed by atoms with Crippen molar-refractivity contribution in [1.29, 1.82) is 0 Å². The summed E-state index contributed by atoms with van der Waals surface area (Å²) in [7, 11) is 0. The van der Waals surface area contributed by atoms with Crippen molar-refractivity contribution in [1.82, 2.24) is 9.80 Å². The summed E-state index contributed by atoms with van der Waals surface area (Å²) in [5.74, 6) is -0.0133. The second kappa shape index (κ2) is 10.5. The summed E-state index contributed by atoms with van der Waals surface area (Å²) >= 11 is 6.38. The first-order chi connectivity index (χ1) is 14.9. The zero-order valence-corrected chi connectivity index (χ0v) is 18.5. The summed E-state index contributed by atoms with van der Waals surface area (Å²) in [6, 6.07) is 8.85. The topological polar surface area (TPSA) is 59.1 Å². The van der Waals surface area contributed by atoms with Crippen molar-refractivity contribution in [2.45, 2.75) is 20.3 Å². The van der Waals surface area contributed by atoms with Crippen LogP contribution in [-0.4, -0.2) is 61.0 Å². The predicted molar refractivity (Wildman–Crippen MR) is 117 cm³/mol. The van der Waals surface area contributed by atoms with Crippen LogP contribution in [0.2, 0.25) is 5.02 Å². The molecule has 0 radical (unpaired) electrons. The van der Waals surface area contributed by atoms with E-state index in [-0.39, 0.29) is 11.8 Å². The molecule has 8 heteroatoms. The lowest BCUT2D eigenvalue weighted by atomic mass is 10.1. The van der Waals surface area contributed by atoms with E-state index in [1.165, 1.54) is 18.2 Å². The molecule has 1 saturated heterocycles. The summed E-state index contributed by atoms with van der Waals surface area (Å²) < 4.78 is 24.7. The zero-order valence-electron chi connectivity index (χ0n) is 17.7. The van der Waals surface area contributed by atoms with Crippen molar-refractivity contribution in [3.05, 3.63) is 58.4 Å². The number of carbonyl (C=O) groups excluding carboxylic acids is 2. The highest BCUT2D eigenvalue weighted by molar-refractivity contribution is 6.32. The molecule has 0 saturated carbocycles. The normalized spacial score (nSPS) is 13.8. The number of carbonyl (C=O) groups is 2. The van der Waals surface area contributed by atoms with Gasteiger partial charge in [-0.2, -0.15) is 0 Å². The maximum Gasteiger partial charge on any atom is 0.254 e. The number of hydrogen-bond donors (Lipinski definition) is 0. The molecule has 0 aromatic heterocycles. The van der Waals surface area contributed by atoms with Gasteiger partial charge in [-0.25, -0.2) is 4.39 Å². The Balaban J connectivity index is 1.69. The molecule has 2 aromatic rings. The van der Waals surface area contributed by atoms with E-state index in [9.17, 15) is 14.0 Å². The van der Waals surface area contributed by atoms with Gasteiger partial charge < -0.3 is 19.3 Å². The number of benzene rings is 2. The van der Waals surface area contributed by atoms with Crippen LogP contribution in [0.1, 0.15) is 41.0 Å². The summed E-state index contributed by atoms with van der Waals surface area (Å²) in [5.41, 5.74) is 0.706. The molecule has 31 heavy (non-hydrogen) atoms. The smallest absolute Gasteiger partial charge is 0.254 e. The van der Waals surface area contributed by atoms with E-state index in [1.54, 1.807) is 28.0 Å². The fraction of sp³-hybridized carbons (Fsp3) is 0.391. The van der Waals surface area contributed by atoms with Crippen molar-refractivity contribution < 1.29 is 23.5 Å². The lowest BCUT2D eigenvalue weighted by Gasteiger charge is -2.35. The number of ether oxygens (including phenoxy) is 2. The number of halogens is 2. The summed E-state index contributed by atoms with van der Waals surface area (Å²) in [5, 5.41) is 0.322. The molecule has 166 valence electrons. The number of piperazine rings is 1. The first-order valence-electron chi connectivity index (χ1n) is 10.4. The Hall–Kier alpha value is -2.80. The molecule has 0 unspecified atom stereocenters. The molecule has 0 atom stereocenters. The highest BCUT2D eigenvalue weighted by Gasteiger charge is 2.27. The molecule has 0 spiro atoms. The van der Waals surface area contributed by atoms with E-state index < -0.39 is 5.82 Å². The molecule has 0 bridgehead atoms. The quantitative estimate of drug-likeness (QED) is 0.635. The minimum atomic E-state index is -0.451. The lowest BCUT2D eigenvalue weighted by molar-refractivity contribution is 0.0535. The van der Waals surface area contributed by atoms with E-state index in [0.717, 1.165) is 6.42 Å². The molecule has 1 aliphatic heterocycles. The minimum absolute atomic E-state index is 0.192. The molecule has 0 N–H and O–H groups in total. The molecule has 3 rings (SSSR count). The van der Waals surface area contributed by atoms with Crippen molar-refractivity contribution in [3.8, 4) is 11.5 Å². The maximum atomic E-state index is 13.4. The molecule has 1 heterocycles. The van der Waals surface area contributed by atoms with Gasteiger partial charge in [0.05, 0.1) is 18.2 Å². The van der Waals surface area contributed by atoms with Crippen molar-refractivity contribution in [2.75, 3.05) is 39.4 Å². The van der Waals surface area contributed by atoms with Crippen LogP contribution >= 0.6 is 11.6 Å².